The molecule has 4 aromatic rings. The molecule has 11 heteroatoms. The molecule has 3 heterocycles. The third kappa shape index (κ3) is 5.24. The van der Waals surface area contributed by atoms with Gasteiger partial charge in [0.05, 0.1) is 22.1 Å². The number of nitrogens with zero attached hydrogens (tertiary/aromatic N) is 5. The molecule has 0 bridgehead atoms. The van der Waals surface area contributed by atoms with Crippen molar-refractivity contribution in [2.45, 2.75) is 13.5 Å². The molecule has 9 nitrogen and oxygen atoms in total. The molecule has 0 amide bonds. The Labute approximate surface area is 220 Å². The Hall–Kier alpha value is -3.31. The van der Waals surface area contributed by atoms with Gasteiger partial charge in [0.15, 0.2) is 0 Å². The number of hydrogen-bond acceptors (Lipinski definition) is 6. The van der Waals surface area contributed by atoms with Crippen molar-refractivity contribution in [1.29, 1.82) is 0 Å². The lowest BCUT2D eigenvalue weighted by atomic mass is 10.1. The van der Waals surface area contributed by atoms with Crippen molar-refractivity contribution < 1.29 is 13.3 Å². The summed E-state index contributed by atoms with van der Waals surface area (Å²) in [6, 6.07) is 18.0. The van der Waals surface area contributed by atoms with Crippen molar-refractivity contribution in [2.24, 2.45) is 0 Å². The normalized spacial score (nSPS) is 15.3. The van der Waals surface area contributed by atoms with Crippen LogP contribution in [0, 0.1) is 10.1 Å². The quantitative estimate of drug-likeness (QED) is 0.249. The van der Waals surface area contributed by atoms with Crippen molar-refractivity contribution in [2.75, 3.05) is 31.9 Å². The summed E-state index contributed by atoms with van der Waals surface area (Å²) >= 11 is 6.23. The van der Waals surface area contributed by atoms with E-state index in [0.29, 0.717) is 37.7 Å². The van der Waals surface area contributed by atoms with Crippen LogP contribution in [0.2, 0.25) is 5.02 Å². The van der Waals surface area contributed by atoms with Crippen molar-refractivity contribution in [3.05, 3.63) is 87.7 Å². The molecule has 0 saturated carbocycles. The van der Waals surface area contributed by atoms with Gasteiger partial charge in [-0.25, -0.2) is 13.4 Å². The van der Waals surface area contributed by atoms with E-state index in [-0.39, 0.29) is 11.4 Å². The molecule has 2 aromatic carbocycles. The largest absolute Gasteiger partial charge is 0.301 e. The number of halogens is 1. The minimum Gasteiger partial charge on any atom is -0.301 e. The number of rotatable bonds is 7. The Kier molecular flexibility index (Phi) is 7.00. The molecule has 1 aliphatic rings. The molecule has 1 fully saturated rings. The van der Waals surface area contributed by atoms with E-state index in [1.165, 1.54) is 12.1 Å². The number of nitro groups is 1. The molecule has 37 heavy (non-hydrogen) atoms. The lowest BCUT2D eigenvalue weighted by molar-refractivity contribution is -0.384. The average molecular weight is 540 g/mol. The molecule has 0 radical (unpaired) electrons. The number of pyridine rings is 1. The number of piperazine rings is 1. The highest BCUT2D eigenvalue weighted by Gasteiger charge is 2.27. The van der Waals surface area contributed by atoms with Crippen LogP contribution in [0.1, 0.15) is 12.6 Å². The van der Waals surface area contributed by atoms with E-state index in [1.54, 1.807) is 23.4 Å². The first-order valence-corrected chi connectivity index (χ1v) is 14.0. The number of sulfonamides is 1. The summed E-state index contributed by atoms with van der Waals surface area (Å²) in [5.41, 5.74) is 5.17. The summed E-state index contributed by atoms with van der Waals surface area (Å²) in [5.74, 6) is 0.0941. The van der Waals surface area contributed by atoms with E-state index in [9.17, 15) is 18.5 Å². The first-order valence-electron chi connectivity index (χ1n) is 12.0. The third-order valence-corrected chi connectivity index (χ3v) is 8.81. The first-order chi connectivity index (χ1) is 17.7. The second-order valence-corrected chi connectivity index (χ2v) is 11.6. The molecule has 0 N–H and O–H groups in total. The van der Waals surface area contributed by atoms with Gasteiger partial charge in [0.1, 0.15) is 5.65 Å². The van der Waals surface area contributed by atoms with Crippen molar-refractivity contribution in [3.63, 3.8) is 0 Å². The van der Waals surface area contributed by atoms with E-state index in [0.717, 1.165) is 33.7 Å². The highest BCUT2D eigenvalue weighted by Crippen LogP contribution is 2.30. The summed E-state index contributed by atoms with van der Waals surface area (Å²) in [7, 11) is -3.22. The second kappa shape index (κ2) is 10.2. The van der Waals surface area contributed by atoms with Gasteiger partial charge in [-0.05, 0) is 54.4 Å². The van der Waals surface area contributed by atoms with Crippen LogP contribution in [0.25, 0.3) is 28.0 Å². The van der Waals surface area contributed by atoms with Crippen LogP contribution in [-0.4, -0.2) is 63.9 Å². The average Bonchev–Trinajstić information content (AvgIpc) is 3.26. The number of aromatic nitrogens is 2. The van der Waals surface area contributed by atoms with E-state index in [1.807, 2.05) is 47.0 Å². The number of imidazole rings is 1. The zero-order valence-electron chi connectivity index (χ0n) is 20.2. The Morgan fingerprint density at radius 1 is 0.973 bits per heavy atom. The highest BCUT2D eigenvalue weighted by molar-refractivity contribution is 7.89. The molecule has 5 rings (SSSR count). The molecule has 0 atom stereocenters. The predicted molar refractivity (Wildman–Crippen MR) is 144 cm³/mol. The maximum atomic E-state index is 12.3. The predicted octanol–water partition coefficient (Wildman–Crippen LogP) is 4.70. The summed E-state index contributed by atoms with van der Waals surface area (Å²) in [4.78, 5) is 17.8. The third-order valence-electron chi connectivity index (χ3n) is 6.69. The number of hydrogen-bond donors (Lipinski definition) is 0. The van der Waals surface area contributed by atoms with Gasteiger partial charge in [0.25, 0.3) is 5.69 Å². The Morgan fingerprint density at radius 2 is 1.68 bits per heavy atom. The van der Waals surface area contributed by atoms with Crippen LogP contribution in [-0.2, 0) is 16.6 Å². The van der Waals surface area contributed by atoms with Gasteiger partial charge in [0.2, 0.25) is 10.0 Å². The van der Waals surface area contributed by atoms with E-state index >= 15 is 0 Å². The minimum absolute atomic E-state index is 0.0190. The maximum Gasteiger partial charge on any atom is 0.269 e. The maximum absolute atomic E-state index is 12.3. The second-order valence-electron chi connectivity index (χ2n) is 8.94. The van der Waals surface area contributed by atoms with E-state index in [4.69, 9.17) is 16.6 Å². The van der Waals surface area contributed by atoms with Crippen LogP contribution < -0.4 is 0 Å². The zero-order valence-corrected chi connectivity index (χ0v) is 21.8. The van der Waals surface area contributed by atoms with E-state index < -0.39 is 14.9 Å². The summed E-state index contributed by atoms with van der Waals surface area (Å²) < 4.78 is 28.2. The van der Waals surface area contributed by atoms with Crippen molar-refractivity contribution in [3.8, 4) is 22.4 Å². The monoisotopic (exact) mass is 539 g/mol. The lowest BCUT2D eigenvalue weighted by Crippen LogP contribution is -2.48. The van der Waals surface area contributed by atoms with Gasteiger partial charge in [-0.1, -0.05) is 23.7 Å². The lowest BCUT2D eigenvalue weighted by Gasteiger charge is -2.33. The number of benzene rings is 2. The van der Waals surface area contributed by atoms with Crippen LogP contribution in [0.3, 0.4) is 0 Å². The van der Waals surface area contributed by atoms with Crippen LogP contribution in [0.5, 0.6) is 0 Å². The number of fused-ring (bicyclic) bond motifs is 1. The fraction of sp³-hybridized carbons (Fsp3) is 0.269. The zero-order chi connectivity index (χ0) is 26.2. The number of non-ortho nitro benzene ring substituents is 1. The van der Waals surface area contributed by atoms with E-state index in [2.05, 4.69) is 4.90 Å². The van der Waals surface area contributed by atoms with Crippen molar-refractivity contribution >= 4 is 33.0 Å². The SMILES string of the molecule is CCS(=O)(=O)N1CCN(Cc2c(-c3ccc([N+](=O)[O-])cc3)nc3ccc(-c4cccc(Cl)c4)cn23)CC1. The van der Waals surface area contributed by atoms with Gasteiger partial charge in [-0.2, -0.15) is 4.31 Å². The number of nitro benzene ring substituents is 1. The fourth-order valence-corrected chi connectivity index (χ4v) is 5.89. The van der Waals surface area contributed by atoms with Gasteiger partial charge in [0, 0.05) is 61.6 Å². The van der Waals surface area contributed by atoms with Gasteiger partial charge < -0.3 is 4.40 Å². The Bertz CT molecular complexity index is 1560. The molecule has 1 aliphatic heterocycles. The minimum atomic E-state index is -3.22. The fourth-order valence-electron chi connectivity index (χ4n) is 4.62. The molecule has 192 valence electrons. The summed E-state index contributed by atoms with van der Waals surface area (Å²) in [6.45, 7) is 4.28. The molecule has 1 saturated heterocycles. The Balaban J connectivity index is 1.54. The van der Waals surface area contributed by atoms with Gasteiger partial charge in [-0.15, -0.1) is 0 Å². The first kappa shape index (κ1) is 25.3. The highest BCUT2D eigenvalue weighted by atomic mass is 35.5. The van der Waals surface area contributed by atoms with Crippen LogP contribution in [0.15, 0.2) is 66.9 Å². The van der Waals surface area contributed by atoms with Gasteiger partial charge in [-0.3, -0.25) is 15.0 Å². The van der Waals surface area contributed by atoms with Crippen LogP contribution in [0.4, 0.5) is 5.69 Å². The smallest absolute Gasteiger partial charge is 0.269 e. The standard InChI is InChI=1S/C26H26ClN5O4S/c1-2-37(35,36)30-14-12-29(13-15-30)18-24-26(19-6-9-23(10-7-19)32(33)34)28-25-11-8-21(17-31(24)25)20-4-3-5-22(27)16-20/h3-11,16-17H,2,12-15,18H2,1H3. The van der Waals surface area contributed by atoms with Crippen LogP contribution >= 0.6 is 11.6 Å². The molecular weight excluding hydrogens is 514 g/mol. The van der Waals surface area contributed by atoms with Crippen molar-refractivity contribution in [1.82, 2.24) is 18.6 Å². The molecule has 0 unspecified atom stereocenters. The summed E-state index contributed by atoms with van der Waals surface area (Å²) in [6.07, 6.45) is 2.02. The Morgan fingerprint density at radius 3 is 2.32 bits per heavy atom. The molecule has 0 aliphatic carbocycles. The molecular formula is C26H26ClN5O4S. The summed E-state index contributed by atoms with van der Waals surface area (Å²) in [5, 5.41) is 11.8. The molecule has 0 spiro atoms. The molecule has 2 aromatic heterocycles. The topological polar surface area (TPSA) is 101 Å². The van der Waals surface area contributed by atoms with Gasteiger partial charge >= 0.3 is 0 Å².